The van der Waals surface area contributed by atoms with E-state index in [1.807, 2.05) is 35.2 Å². The third kappa shape index (κ3) is 3.19. The lowest BCUT2D eigenvalue weighted by atomic mass is 10.0. The van der Waals surface area contributed by atoms with Crippen LogP contribution in [0.25, 0.3) is 11.2 Å². The van der Waals surface area contributed by atoms with Gasteiger partial charge in [-0.05, 0) is 24.6 Å². The van der Waals surface area contributed by atoms with E-state index in [0.717, 1.165) is 6.42 Å². The summed E-state index contributed by atoms with van der Waals surface area (Å²) < 4.78 is 3.06. The molecule has 3 aromatic heterocycles. The van der Waals surface area contributed by atoms with Crippen LogP contribution in [0.15, 0.2) is 53.7 Å². The summed E-state index contributed by atoms with van der Waals surface area (Å²) in [5.74, 6) is 1.08. The Morgan fingerprint density at radius 3 is 2.65 bits per heavy atom. The molecule has 4 aromatic rings. The molecule has 5 rings (SSSR count). The summed E-state index contributed by atoms with van der Waals surface area (Å²) in [6, 6.07) is 12.7. The highest BCUT2D eigenvalue weighted by Gasteiger charge is 2.37. The number of nitriles is 1. The second-order valence-corrected chi connectivity index (χ2v) is 7.27. The molecule has 1 aliphatic heterocycles. The first-order chi connectivity index (χ1) is 14.6. The Balaban J connectivity index is 0.00000231. The molecule has 0 amide bonds. The molecule has 0 saturated carbocycles. The highest BCUT2D eigenvalue weighted by atomic mass is 35.5. The van der Waals surface area contributed by atoms with E-state index in [9.17, 15) is 10.1 Å². The molecule has 1 fully saturated rings. The molecule has 1 aliphatic rings. The number of para-hydroxylation sites is 1. The Labute approximate surface area is 188 Å². The average Bonchev–Trinajstić information content (AvgIpc) is 3.09. The average molecular weight is 453 g/mol. The van der Waals surface area contributed by atoms with Gasteiger partial charge in [0, 0.05) is 12.7 Å². The van der Waals surface area contributed by atoms with Gasteiger partial charge in [-0.1, -0.05) is 29.8 Å². The number of fused-ring (bicyclic) bond motifs is 1. The number of nitrogens with zero attached hydrogens (tertiary/aromatic N) is 7. The Hall–Kier alpha value is -3.55. The van der Waals surface area contributed by atoms with Crippen LogP contribution in [0.4, 0.5) is 11.6 Å². The number of halogens is 1. The highest BCUT2D eigenvalue weighted by Crippen LogP contribution is 2.38. The molecule has 156 valence electrons. The zero-order valence-corrected chi connectivity index (χ0v) is 17.9. The van der Waals surface area contributed by atoms with E-state index in [4.69, 9.17) is 22.4 Å². The molecule has 0 unspecified atom stereocenters. The van der Waals surface area contributed by atoms with E-state index in [2.05, 4.69) is 16.0 Å². The molecule has 31 heavy (non-hydrogen) atoms. The minimum atomic E-state index is -0.273. The van der Waals surface area contributed by atoms with Crippen molar-refractivity contribution in [1.29, 1.82) is 5.26 Å². The topological polar surface area (TPSA) is 118 Å². The number of nitrogens with two attached hydrogens (primary N) is 1. The third-order valence-electron chi connectivity index (χ3n) is 5.23. The molecule has 0 aliphatic carbocycles. The molecule has 0 spiro atoms. The Bertz CT molecular complexity index is 1380. The molecule has 9 nitrogen and oxygen atoms in total. The summed E-state index contributed by atoms with van der Waals surface area (Å²) in [4.78, 5) is 23.5. The number of benzene rings is 1. The van der Waals surface area contributed by atoms with E-state index >= 15 is 0 Å². The maximum absolute atomic E-state index is 13.4. The highest BCUT2D eigenvalue weighted by molar-refractivity contribution is 7.59. The number of rotatable bonds is 3. The lowest BCUT2D eigenvalue weighted by Crippen LogP contribution is -2.45. The number of anilines is 2. The summed E-state index contributed by atoms with van der Waals surface area (Å²) in [7, 11) is 0. The lowest BCUT2D eigenvalue weighted by Gasteiger charge is -2.42. The summed E-state index contributed by atoms with van der Waals surface area (Å²) >= 11 is 6.25. The second-order valence-electron chi connectivity index (χ2n) is 6.86. The van der Waals surface area contributed by atoms with Crippen molar-refractivity contribution in [2.45, 2.75) is 12.5 Å². The van der Waals surface area contributed by atoms with Crippen molar-refractivity contribution in [3.05, 3.63) is 75.7 Å². The van der Waals surface area contributed by atoms with Crippen LogP contribution in [-0.4, -0.2) is 30.7 Å². The summed E-state index contributed by atoms with van der Waals surface area (Å²) in [6.07, 6.45) is 3.71. The van der Waals surface area contributed by atoms with Crippen LogP contribution in [0, 0.1) is 11.3 Å². The Morgan fingerprint density at radius 1 is 1.19 bits per heavy atom. The van der Waals surface area contributed by atoms with Gasteiger partial charge in [0.25, 0.3) is 5.56 Å². The summed E-state index contributed by atoms with van der Waals surface area (Å²) in [5.41, 5.74) is 6.79. The quantitative estimate of drug-likeness (QED) is 0.507. The van der Waals surface area contributed by atoms with Crippen LogP contribution in [0.2, 0.25) is 5.02 Å². The maximum Gasteiger partial charge on any atom is 0.284 e. The predicted molar refractivity (Wildman–Crippen MR) is 122 cm³/mol. The molecule has 11 heteroatoms. The summed E-state index contributed by atoms with van der Waals surface area (Å²) in [5, 5.41) is 14.6. The van der Waals surface area contributed by atoms with Gasteiger partial charge in [-0.2, -0.15) is 23.9 Å². The zero-order valence-electron chi connectivity index (χ0n) is 16.1. The van der Waals surface area contributed by atoms with Crippen molar-refractivity contribution >= 4 is 42.2 Å². The van der Waals surface area contributed by atoms with E-state index in [-0.39, 0.29) is 36.5 Å². The molecule has 0 bridgehead atoms. The van der Waals surface area contributed by atoms with Crippen LogP contribution in [0.5, 0.6) is 0 Å². The Kier molecular flexibility index (Phi) is 5.31. The minimum Gasteiger partial charge on any atom is -0.382 e. The first-order valence-electron chi connectivity index (χ1n) is 9.22. The van der Waals surface area contributed by atoms with Crippen molar-refractivity contribution in [1.82, 2.24) is 24.1 Å². The molecule has 0 radical (unpaired) electrons. The van der Waals surface area contributed by atoms with Crippen LogP contribution < -0.4 is 16.2 Å². The van der Waals surface area contributed by atoms with Gasteiger partial charge < -0.3 is 10.6 Å². The Morgan fingerprint density at radius 2 is 1.97 bits per heavy atom. The fraction of sp³-hybridized carbons (Fsp3) is 0.150. The van der Waals surface area contributed by atoms with Crippen LogP contribution in [-0.2, 0) is 0 Å². The van der Waals surface area contributed by atoms with Crippen molar-refractivity contribution in [3.8, 4) is 11.8 Å². The molecule has 1 aromatic carbocycles. The van der Waals surface area contributed by atoms with E-state index < -0.39 is 0 Å². The van der Waals surface area contributed by atoms with Crippen molar-refractivity contribution in [2.75, 3.05) is 17.2 Å². The third-order valence-corrected chi connectivity index (χ3v) is 5.54. The molecule has 1 atom stereocenters. The standard InChI is InChI=1S/C20H15ClN8O.H2S/c21-14-6-9-28-16(14)20(30)29(12-4-2-1-3-5-12)19(26-28)15-7-8-27(15)18-13(10-22)17(23)24-11-25-18;/h1-6,9,11,15H,7-8H2,(H2,23,24,25);1H2/t15-;/m0./s1. The fourth-order valence-corrected chi connectivity index (χ4v) is 3.94. The van der Waals surface area contributed by atoms with E-state index in [1.54, 1.807) is 16.8 Å². The largest absolute Gasteiger partial charge is 0.382 e. The normalized spacial score (nSPS) is 15.2. The van der Waals surface area contributed by atoms with Crippen molar-refractivity contribution in [2.24, 2.45) is 0 Å². The molecule has 2 N–H and O–H groups in total. The summed E-state index contributed by atoms with van der Waals surface area (Å²) in [6.45, 7) is 0.644. The monoisotopic (exact) mass is 452 g/mol. The molecular weight excluding hydrogens is 436 g/mol. The number of hydrogen-bond acceptors (Lipinski definition) is 7. The maximum atomic E-state index is 13.4. The molecular formula is C20H17ClN8OS. The van der Waals surface area contributed by atoms with Gasteiger partial charge in [0.05, 0.1) is 16.8 Å². The van der Waals surface area contributed by atoms with Gasteiger partial charge in [-0.25, -0.2) is 14.5 Å². The van der Waals surface area contributed by atoms with Crippen LogP contribution in [0.1, 0.15) is 23.9 Å². The van der Waals surface area contributed by atoms with Gasteiger partial charge in [0.2, 0.25) is 0 Å². The number of nitrogen functional groups attached to an aromatic ring is 1. The zero-order chi connectivity index (χ0) is 20.8. The van der Waals surface area contributed by atoms with Gasteiger partial charge >= 0.3 is 0 Å². The van der Waals surface area contributed by atoms with Gasteiger partial charge in [0.15, 0.2) is 11.6 Å². The smallest absolute Gasteiger partial charge is 0.284 e. The number of hydrogen-bond donors (Lipinski definition) is 1. The SMILES string of the molecule is N#Cc1c(N)ncnc1N1CC[C@H]1c1nn2ccc(Cl)c2c(=O)n1-c1ccccc1.S. The van der Waals surface area contributed by atoms with E-state index in [0.29, 0.717) is 34.4 Å². The lowest BCUT2D eigenvalue weighted by molar-refractivity contribution is 0.422. The van der Waals surface area contributed by atoms with Crippen molar-refractivity contribution in [3.63, 3.8) is 0 Å². The van der Waals surface area contributed by atoms with Crippen LogP contribution >= 0.6 is 25.1 Å². The van der Waals surface area contributed by atoms with Crippen molar-refractivity contribution < 1.29 is 0 Å². The van der Waals surface area contributed by atoms with Gasteiger partial charge in [-0.3, -0.25) is 9.36 Å². The predicted octanol–water partition coefficient (Wildman–Crippen LogP) is 2.45. The number of aromatic nitrogens is 5. The van der Waals surface area contributed by atoms with Gasteiger partial charge in [-0.15, -0.1) is 0 Å². The molecule has 1 saturated heterocycles. The fourth-order valence-electron chi connectivity index (χ4n) is 3.71. The second kappa shape index (κ2) is 7.94. The minimum absolute atomic E-state index is 0. The first-order valence-corrected chi connectivity index (χ1v) is 9.60. The molecule has 4 heterocycles. The first kappa shape index (κ1) is 20.7. The van der Waals surface area contributed by atoms with E-state index in [1.165, 1.54) is 10.8 Å². The van der Waals surface area contributed by atoms with Crippen LogP contribution in [0.3, 0.4) is 0 Å². The van der Waals surface area contributed by atoms with Gasteiger partial charge in [0.1, 0.15) is 29.3 Å².